The molecular weight excluding hydrogens is 940 g/mol. The Bertz CT molecular complexity index is 3060. The third-order valence-corrected chi connectivity index (χ3v) is 11.8. The van der Waals surface area contributed by atoms with Gasteiger partial charge in [0, 0.05) is 65.5 Å². The summed E-state index contributed by atoms with van der Waals surface area (Å²) in [5.41, 5.74) is 11.9. The van der Waals surface area contributed by atoms with Gasteiger partial charge in [-0.05, 0) is 117 Å². The van der Waals surface area contributed by atoms with Gasteiger partial charge < -0.3 is 19.1 Å². The van der Waals surface area contributed by atoms with Crippen LogP contribution in [0.2, 0.25) is 0 Å². The Labute approximate surface area is 386 Å². The van der Waals surface area contributed by atoms with E-state index in [0.29, 0.717) is 28.4 Å². The summed E-state index contributed by atoms with van der Waals surface area (Å²) in [6.07, 6.45) is 1.76. The molecule has 3 heterocycles. The van der Waals surface area contributed by atoms with E-state index in [0.717, 1.165) is 61.2 Å². The van der Waals surface area contributed by atoms with Gasteiger partial charge in [0.05, 0.1) is 0 Å². The smallest absolute Gasteiger partial charge is 0.136 e. The summed E-state index contributed by atoms with van der Waals surface area (Å²) in [6.45, 7) is 21.8. The number of pyridine rings is 1. The molecule has 0 unspecified atom stereocenters. The number of hydrogen-bond acceptors (Lipinski definition) is 4. The van der Waals surface area contributed by atoms with Crippen LogP contribution < -0.4 is 14.5 Å². The van der Waals surface area contributed by atoms with Crippen molar-refractivity contribution in [2.75, 3.05) is 9.80 Å². The molecule has 1 aliphatic heterocycles. The fraction of sp³-hybridized carbons (Fsp3) is 0.250. The fourth-order valence-corrected chi connectivity index (χ4v) is 8.35. The zero-order valence-electron chi connectivity index (χ0n) is 40.2. The van der Waals surface area contributed by atoms with Crippen molar-refractivity contribution in [3.05, 3.63) is 174 Å². The molecule has 5 nitrogen and oxygen atoms in total. The Morgan fingerprint density at radius 2 is 1.24 bits per heavy atom. The van der Waals surface area contributed by atoms with Gasteiger partial charge in [0.25, 0.3) is 0 Å². The SMILES string of the molecule is [2H]C([2H])([2H])c1cc(C(C)(C)C)cc(C)c1-c1ccnc(-n2c3[c-]c(Oc4[c-]c(N5[CH-]N(c6cc(C(C)(C)C)cc(C(C)(C)C)c6)c6ccccc65)ccc4)ccc3c3ccccc32)c1.[Pt]. The van der Waals surface area contributed by atoms with Crippen LogP contribution in [-0.4, -0.2) is 9.55 Å². The number of hydrogen-bond donors (Lipinski definition) is 0. The summed E-state index contributed by atoms with van der Waals surface area (Å²) in [7, 11) is 0. The summed E-state index contributed by atoms with van der Waals surface area (Å²) < 4.78 is 34.4. The Balaban J connectivity index is 0.00000576. The molecule has 0 amide bonds. The van der Waals surface area contributed by atoms with Gasteiger partial charge in [0.1, 0.15) is 5.82 Å². The second kappa shape index (κ2) is 15.9. The minimum Gasteiger partial charge on any atom is -0.509 e. The first kappa shape index (κ1) is 39.2. The van der Waals surface area contributed by atoms with Gasteiger partial charge in [0.15, 0.2) is 0 Å². The predicted molar refractivity (Wildman–Crippen MR) is 255 cm³/mol. The van der Waals surface area contributed by atoms with Crippen molar-refractivity contribution in [1.82, 2.24) is 9.55 Å². The van der Waals surface area contributed by atoms with Gasteiger partial charge in [-0.25, -0.2) is 4.98 Å². The minimum absolute atomic E-state index is 0. The maximum absolute atomic E-state index is 8.56. The van der Waals surface area contributed by atoms with E-state index < -0.39 is 6.85 Å². The maximum atomic E-state index is 8.56. The van der Waals surface area contributed by atoms with Crippen molar-refractivity contribution in [2.45, 2.75) is 92.3 Å². The van der Waals surface area contributed by atoms with Crippen molar-refractivity contribution in [1.29, 1.82) is 0 Å². The molecule has 0 aliphatic carbocycles. The van der Waals surface area contributed by atoms with Crippen molar-refractivity contribution in [3.8, 4) is 28.4 Å². The number of anilines is 4. The van der Waals surface area contributed by atoms with E-state index in [4.69, 9.17) is 13.8 Å². The van der Waals surface area contributed by atoms with E-state index in [1.165, 1.54) is 11.1 Å². The Hall–Kier alpha value is -5.64. The van der Waals surface area contributed by atoms with Crippen LogP contribution in [0.25, 0.3) is 38.8 Å². The quantitative estimate of drug-likeness (QED) is 0.155. The number of para-hydroxylation sites is 3. The largest absolute Gasteiger partial charge is 0.509 e. The number of aryl methyl sites for hydroxylation is 2. The van der Waals surface area contributed by atoms with Crippen LogP contribution in [0.15, 0.2) is 128 Å². The molecule has 9 rings (SSSR count). The molecule has 318 valence electrons. The first-order valence-electron chi connectivity index (χ1n) is 22.6. The van der Waals surface area contributed by atoms with Crippen LogP contribution in [0.5, 0.6) is 11.5 Å². The molecule has 6 aromatic carbocycles. The Morgan fingerprint density at radius 1 is 0.613 bits per heavy atom. The van der Waals surface area contributed by atoms with Gasteiger partial charge in [-0.15, -0.1) is 48.1 Å². The number of aromatic nitrogens is 2. The number of benzene rings is 6. The molecule has 1 aliphatic rings. The average Bonchev–Trinajstić information content (AvgIpc) is 3.78. The summed E-state index contributed by atoms with van der Waals surface area (Å²) in [4.78, 5) is 9.32. The zero-order chi connectivity index (χ0) is 45.5. The van der Waals surface area contributed by atoms with E-state index in [-0.39, 0.29) is 37.3 Å². The van der Waals surface area contributed by atoms with Gasteiger partial charge >= 0.3 is 0 Å². The zero-order valence-corrected chi connectivity index (χ0v) is 39.5. The van der Waals surface area contributed by atoms with Gasteiger partial charge in [-0.3, -0.25) is 0 Å². The predicted octanol–water partition coefficient (Wildman–Crippen LogP) is 15.2. The van der Waals surface area contributed by atoms with E-state index >= 15 is 0 Å². The number of fused-ring (bicyclic) bond motifs is 4. The summed E-state index contributed by atoms with van der Waals surface area (Å²) >= 11 is 0. The molecule has 0 fully saturated rings. The second-order valence-electron chi connectivity index (χ2n) is 19.4. The van der Waals surface area contributed by atoms with Crippen molar-refractivity contribution >= 4 is 44.6 Å². The summed E-state index contributed by atoms with van der Waals surface area (Å²) in [5.74, 6) is 1.73. The van der Waals surface area contributed by atoms with Crippen molar-refractivity contribution in [3.63, 3.8) is 0 Å². The molecule has 6 heteroatoms. The van der Waals surface area contributed by atoms with Crippen molar-refractivity contribution < 1.29 is 29.9 Å². The molecule has 0 saturated heterocycles. The molecular formula is C56H55N4OPt-3. The van der Waals surface area contributed by atoms with Crippen LogP contribution in [0.1, 0.15) is 94.2 Å². The standard InChI is InChI=1S/C56H55N4O.Pt/c1-36-27-39(54(3,4)5)28-37(2)53(36)38-25-26-57-52(29-38)60-48-20-13-12-19-46(48)47-24-23-45(34-51(47)60)61-44-18-16-17-42(33-44)58-35-59(50-22-15-14-21-49(50)58)43-31-40(55(6,7)8)30-41(32-43)56(9,10)11;/h12-32,35H,1-11H3;/q-3;/i1D3;. The monoisotopic (exact) mass is 997 g/mol. The second-order valence-corrected chi connectivity index (χ2v) is 19.4. The first-order chi connectivity index (χ1) is 30.1. The van der Waals surface area contributed by atoms with Crippen LogP contribution >= 0.6 is 0 Å². The molecule has 8 aromatic rings. The molecule has 0 N–H and O–H groups in total. The molecule has 0 bridgehead atoms. The van der Waals surface area contributed by atoms with E-state index in [1.54, 1.807) is 6.20 Å². The van der Waals surface area contributed by atoms with E-state index in [1.807, 2.05) is 55.5 Å². The average molecular weight is 998 g/mol. The topological polar surface area (TPSA) is 33.5 Å². The molecule has 0 radical (unpaired) electrons. The van der Waals surface area contributed by atoms with E-state index in [9.17, 15) is 0 Å². The van der Waals surface area contributed by atoms with Gasteiger partial charge in [0.2, 0.25) is 0 Å². The number of nitrogens with zero attached hydrogens (tertiary/aromatic N) is 4. The van der Waals surface area contributed by atoms with Crippen LogP contribution in [0.3, 0.4) is 0 Å². The van der Waals surface area contributed by atoms with E-state index in [2.05, 4.69) is 168 Å². The summed E-state index contributed by atoms with van der Waals surface area (Å²) in [6, 6.07) is 48.6. The Morgan fingerprint density at radius 3 is 1.94 bits per heavy atom. The van der Waals surface area contributed by atoms with Gasteiger partial charge in [-0.2, -0.15) is 12.1 Å². The van der Waals surface area contributed by atoms with Crippen LogP contribution in [-0.2, 0) is 37.3 Å². The summed E-state index contributed by atoms with van der Waals surface area (Å²) in [5, 5.41) is 2.04. The van der Waals surface area contributed by atoms with Crippen molar-refractivity contribution in [2.24, 2.45) is 0 Å². The molecule has 2 aromatic heterocycles. The first-order valence-corrected chi connectivity index (χ1v) is 21.1. The van der Waals surface area contributed by atoms with Gasteiger partial charge in [-0.1, -0.05) is 116 Å². The van der Waals surface area contributed by atoms with Crippen LogP contribution in [0.4, 0.5) is 22.7 Å². The molecule has 0 atom stereocenters. The number of ether oxygens (including phenoxy) is 1. The third kappa shape index (κ3) is 7.97. The normalized spacial score (nSPS) is 14.1. The Kier molecular flexibility index (Phi) is 10.1. The number of rotatable bonds is 6. The third-order valence-electron chi connectivity index (χ3n) is 11.8. The fourth-order valence-electron chi connectivity index (χ4n) is 8.35. The molecule has 62 heavy (non-hydrogen) atoms. The minimum atomic E-state index is -2.31. The van der Waals surface area contributed by atoms with Crippen LogP contribution in [0, 0.1) is 32.6 Å². The maximum Gasteiger partial charge on any atom is 0.136 e. The molecule has 0 saturated carbocycles. The molecule has 0 spiro atoms.